The third-order valence-corrected chi connectivity index (χ3v) is 4.63. The normalized spacial score (nSPS) is 17.6. The number of aromatic nitrogens is 3. The summed E-state index contributed by atoms with van der Waals surface area (Å²) in [7, 11) is 0. The molecular formula is C19H18N4O2. The molecule has 1 unspecified atom stereocenters. The fourth-order valence-electron chi connectivity index (χ4n) is 3.32. The molecule has 6 nitrogen and oxygen atoms in total. The van der Waals surface area contributed by atoms with Crippen molar-refractivity contribution in [1.82, 2.24) is 19.3 Å². The van der Waals surface area contributed by atoms with Gasteiger partial charge in [-0.3, -0.25) is 14.6 Å². The van der Waals surface area contributed by atoms with E-state index in [1.54, 1.807) is 41.7 Å². The van der Waals surface area contributed by atoms with Crippen LogP contribution in [0.25, 0.3) is 5.65 Å². The summed E-state index contributed by atoms with van der Waals surface area (Å²) in [6.07, 6.45) is 8.54. The lowest BCUT2D eigenvalue weighted by Gasteiger charge is -2.32. The van der Waals surface area contributed by atoms with Gasteiger partial charge in [-0.25, -0.2) is 4.98 Å². The second-order valence-corrected chi connectivity index (χ2v) is 6.28. The Bertz CT molecular complexity index is 919. The van der Waals surface area contributed by atoms with Crippen LogP contribution in [-0.4, -0.2) is 44.0 Å². The molecule has 3 aromatic heterocycles. The highest BCUT2D eigenvalue weighted by Crippen LogP contribution is 2.22. The second-order valence-electron chi connectivity index (χ2n) is 6.28. The predicted octanol–water partition coefficient (Wildman–Crippen LogP) is 2.46. The molecule has 0 spiro atoms. The van der Waals surface area contributed by atoms with Crippen LogP contribution in [0, 0.1) is 5.92 Å². The van der Waals surface area contributed by atoms with Crippen LogP contribution in [0.1, 0.15) is 33.7 Å². The Hall–Kier alpha value is -3.02. The van der Waals surface area contributed by atoms with Gasteiger partial charge in [0.25, 0.3) is 5.91 Å². The number of ketones is 1. The lowest BCUT2D eigenvalue weighted by atomic mass is 9.91. The molecular weight excluding hydrogens is 316 g/mol. The van der Waals surface area contributed by atoms with E-state index in [9.17, 15) is 9.59 Å². The first-order chi connectivity index (χ1) is 12.2. The van der Waals surface area contributed by atoms with E-state index >= 15 is 0 Å². The number of carbonyl (C=O) groups is 2. The fraction of sp³-hybridized carbons (Fsp3) is 0.263. The Balaban J connectivity index is 1.52. The lowest BCUT2D eigenvalue weighted by Crippen LogP contribution is -2.42. The van der Waals surface area contributed by atoms with Crippen molar-refractivity contribution >= 4 is 17.3 Å². The van der Waals surface area contributed by atoms with Gasteiger partial charge in [0.2, 0.25) is 0 Å². The topological polar surface area (TPSA) is 67.6 Å². The zero-order chi connectivity index (χ0) is 17.2. The van der Waals surface area contributed by atoms with Gasteiger partial charge >= 0.3 is 0 Å². The number of imidazole rings is 1. The summed E-state index contributed by atoms with van der Waals surface area (Å²) in [5.41, 5.74) is 1.89. The summed E-state index contributed by atoms with van der Waals surface area (Å²) in [4.78, 5) is 35.6. The zero-order valence-corrected chi connectivity index (χ0v) is 13.7. The summed E-state index contributed by atoms with van der Waals surface area (Å²) < 4.78 is 1.83. The van der Waals surface area contributed by atoms with Gasteiger partial charge < -0.3 is 9.30 Å². The number of carbonyl (C=O) groups excluding carboxylic acids is 2. The largest absolute Gasteiger partial charge is 0.338 e. The van der Waals surface area contributed by atoms with E-state index in [-0.39, 0.29) is 17.6 Å². The van der Waals surface area contributed by atoms with Crippen molar-refractivity contribution in [2.75, 3.05) is 13.1 Å². The lowest BCUT2D eigenvalue weighted by molar-refractivity contribution is 0.0635. The van der Waals surface area contributed by atoms with Gasteiger partial charge in [0, 0.05) is 43.8 Å². The molecule has 0 N–H and O–H groups in total. The Labute approximate surface area is 145 Å². The molecule has 4 rings (SSSR count). The van der Waals surface area contributed by atoms with E-state index in [1.807, 2.05) is 22.7 Å². The second kappa shape index (κ2) is 6.47. The van der Waals surface area contributed by atoms with Crippen LogP contribution in [0.5, 0.6) is 0 Å². The first-order valence-electron chi connectivity index (χ1n) is 8.39. The van der Waals surface area contributed by atoms with E-state index in [4.69, 9.17) is 0 Å². The van der Waals surface area contributed by atoms with Gasteiger partial charge in [-0.1, -0.05) is 6.07 Å². The van der Waals surface area contributed by atoms with Crippen molar-refractivity contribution in [2.45, 2.75) is 12.8 Å². The molecule has 1 saturated heterocycles. The average Bonchev–Trinajstić information content (AvgIpc) is 3.15. The number of likely N-dealkylation sites (tertiary alicyclic amines) is 1. The van der Waals surface area contributed by atoms with Crippen molar-refractivity contribution < 1.29 is 9.59 Å². The summed E-state index contributed by atoms with van der Waals surface area (Å²) in [5.74, 6) is -0.221. The number of pyridine rings is 2. The number of hydrogen-bond donors (Lipinski definition) is 0. The van der Waals surface area contributed by atoms with Gasteiger partial charge in [0.1, 0.15) is 11.3 Å². The van der Waals surface area contributed by atoms with Gasteiger partial charge in [0.15, 0.2) is 5.78 Å². The van der Waals surface area contributed by atoms with Crippen LogP contribution >= 0.6 is 0 Å². The third kappa shape index (κ3) is 3.03. The molecule has 0 saturated carbocycles. The standard InChI is InChI=1S/C19H18N4O2/c24-18(16-5-1-2-8-20-16)14-4-3-10-23(12-14)19(25)15-6-7-17-21-9-11-22(17)13-15/h1-2,5-9,11,13-14H,3-4,10,12H2. The van der Waals surface area contributed by atoms with E-state index < -0.39 is 0 Å². The van der Waals surface area contributed by atoms with Crippen molar-refractivity contribution in [1.29, 1.82) is 0 Å². The monoisotopic (exact) mass is 334 g/mol. The Kier molecular flexibility index (Phi) is 4.01. The molecule has 1 fully saturated rings. The Morgan fingerprint density at radius 1 is 1.08 bits per heavy atom. The van der Waals surface area contributed by atoms with E-state index in [0.717, 1.165) is 18.5 Å². The molecule has 1 amide bonds. The van der Waals surface area contributed by atoms with Crippen LogP contribution in [-0.2, 0) is 0 Å². The average molecular weight is 334 g/mol. The quantitative estimate of drug-likeness (QED) is 0.690. The van der Waals surface area contributed by atoms with Crippen molar-refractivity contribution in [2.24, 2.45) is 5.92 Å². The summed E-state index contributed by atoms with van der Waals surface area (Å²) in [6.45, 7) is 1.11. The number of amides is 1. The van der Waals surface area contributed by atoms with Crippen LogP contribution in [0.2, 0.25) is 0 Å². The molecule has 1 aliphatic heterocycles. The maximum atomic E-state index is 12.8. The molecule has 4 heterocycles. The molecule has 0 aromatic carbocycles. The van der Waals surface area contributed by atoms with Crippen LogP contribution in [0.4, 0.5) is 0 Å². The van der Waals surface area contributed by atoms with Crippen LogP contribution in [0.15, 0.2) is 55.1 Å². The van der Waals surface area contributed by atoms with Crippen LogP contribution < -0.4 is 0 Å². The minimum Gasteiger partial charge on any atom is -0.338 e. The highest BCUT2D eigenvalue weighted by atomic mass is 16.2. The van der Waals surface area contributed by atoms with E-state index in [0.29, 0.717) is 24.3 Å². The SMILES string of the molecule is O=C(c1ccccn1)C1CCCN(C(=O)c2ccc3nccn3c2)C1. The molecule has 25 heavy (non-hydrogen) atoms. The third-order valence-electron chi connectivity index (χ3n) is 4.63. The molecule has 1 aliphatic rings. The predicted molar refractivity (Wildman–Crippen MR) is 92.4 cm³/mol. The summed E-state index contributed by atoms with van der Waals surface area (Å²) in [5, 5.41) is 0. The first-order valence-corrected chi connectivity index (χ1v) is 8.39. The smallest absolute Gasteiger partial charge is 0.255 e. The Morgan fingerprint density at radius 2 is 2.00 bits per heavy atom. The van der Waals surface area contributed by atoms with Gasteiger partial charge in [-0.05, 0) is 37.1 Å². The number of hydrogen-bond acceptors (Lipinski definition) is 4. The molecule has 0 aliphatic carbocycles. The zero-order valence-electron chi connectivity index (χ0n) is 13.7. The molecule has 6 heteroatoms. The number of fused-ring (bicyclic) bond motifs is 1. The molecule has 3 aromatic rings. The summed E-state index contributed by atoms with van der Waals surface area (Å²) >= 11 is 0. The van der Waals surface area contributed by atoms with Gasteiger partial charge in [-0.15, -0.1) is 0 Å². The molecule has 126 valence electrons. The maximum absolute atomic E-state index is 12.8. The minimum absolute atomic E-state index is 0.0168. The van der Waals surface area contributed by atoms with Crippen molar-refractivity contribution in [3.05, 3.63) is 66.4 Å². The highest BCUT2D eigenvalue weighted by Gasteiger charge is 2.30. The fourth-order valence-corrected chi connectivity index (χ4v) is 3.32. The molecule has 1 atom stereocenters. The van der Waals surface area contributed by atoms with Crippen LogP contribution in [0.3, 0.4) is 0 Å². The minimum atomic E-state index is -0.190. The maximum Gasteiger partial charge on any atom is 0.255 e. The van der Waals surface area contributed by atoms with E-state index in [1.165, 1.54) is 0 Å². The number of piperidine rings is 1. The molecule has 0 radical (unpaired) electrons. The van der Waals surface area contributed by atoms with Crippen molar-refractivity contribution in [3.63, 3.8) is 0 Å². The number of Topliss-reactive ketones (excluding diaryl/α,β-unsaturated/α-hetero) is 1. The van der Waals surface area contributed by atoms with Gasteiger partial charge in [-0.2, -0.15) is 0 Å². The number of nitrogens with zero attached hydrogens (tertiary/aromatic N) is 4. The number of rotatable bonds is 3. The van der Waals surface area contributed by atoms with Gasteiger partial charge in [0.05, 0.1) is 5.56 Å². The van der Waals surface area contributed by atoms with E-state index in [2.05, 4.69) is 9.97 Å². The highest BCUT2D eigenvalue weighted by molar-refractivity contribution is 5.98. The molecule has 0 bridgehead atoms. The first kappa shape index (κ1) is 15.5. The van der Waals surface area contributed by atoms with Crippen molar-refractivity contribution in [3.8, 4) is 0 Å². The summed E-state index contributed by atoms with van der Waals surface area (Å²) in [6, 6.07) is 8.95. The Morgan fingerprint density at radius 3 is 2.84 bits per heavy atom.